The number of carbonyl (C=O) groups is 2. The average molecular weight is 311 g/mol. The topological polar surface area (TPSA) is 77.3 Å². The fourth-order valence-corrected chi connectivity index (χ4v) is 3.39. The Hall–Kier alpha value is -1.26. The Labute approximate surface area is 133 Å². The molecule has 0 bridgehead atoms. The zero-order valence-electron chi connectivity index (χ0n) is 13.7. The van der Waals surface area contributed by atoms with E-state index in [1.807, 2.05) is 6.92 Å². The Balaban J connectivity index is 2.89. The molecular weight excluding hydrogens is 282 g/mol. The van der Waals surface area contributed by atoms with Crippen LogP contribution in [0.3, 0.4) is 0 Å². The van der Waals surface area contributed by atoms with E-state index < -0.39 is 5.54 Å². The standard InChI is InChI=1S/C17H29NO4/c1-15-10-6-4-2-3-5-7-11-17(18(21)22,16(20)14-15)12-8-9-13-19/h13,15H,2-12,14H2,1H3. The molecule has 0 heterocycles. The minimum atomic E-state index is -1.46. The second-order valence-corrected chi connectivity index (χ2v) is 6.74. The normalized spacial score (nSPS) is 28.4. The number of unbranched alkanes of at least 4 members (excludes halogenated alkanes) is 1. The van der Waals surface area contributed by atoms with Gasteiger partial charge >= 0.3 is 0 Å². The first-order chi connectivity index (χ1) is 10.5. The molecule has 0 aromatic carbocycles. The molecule has 1 saturated carbocycles. The smallest absolute Gasteiger partial charge is 0.279 e. The lowest BCUT2D eigenvalue weighted by molar-refractivity contribution is -0.555. The molecule has 1 rings (SSSR count). The van der Waals surface area contributed by atoms with Crippen LogP contribution in [0.1, 0.15) is 84.0 Å². The first-order valence-electron chi connectivity index (χ1n) is 8.64. The number of nitro groups is 1. The minimum absolute atomic E-state index is 0.199. The van der Waals surface area contributed by atoms with Gasteiger partial charge in [0, 0.05) is 30.6 Å². The van der Waals surface area contributed by atoms with E-state index in [4.69, 9.17) is 0 Å². The number of hydrogen-bond donors (Lipinski definition) is 0. The van der Waals surface area contributed by atoms with Crippen molar-refractivity contribution in [2.75, 3.05) is 0 Å². The van der Waals surface area contributed by atoms with Crippen LogP contribution in [0, 0.1) is 16.0 Å². The van der Waals surface area contributed by atoms with Crippen molar-refractivity contribution in [2.24, 2.45) is 5.92 Å². The molecule has 0 amide bonds. The van der Waals surface area contributed by atoms with Crippen LogP contribution in [-0.4, -0.2) is 22.5 Å². The second kappa shape index (κ2) is 9.70. The molecule has 0 saturated heterocycles. The van der Waals surface area contributed by atoms with Gasteiger partial charge in [0.05, 0.1) is 0 Å². The highest BCUT2D eigenvalue weighted by Crippen LogP contribution is 2.31. The van der Waals surface area contributed by atoms with Gasteiger partial charge in [0.1, 0.15) is 6.29 Å². The first kappa shape index (κ1) is 18.8. The maximum absolute atomic E-state index is 12.7. The summed E-state index contributed by atoms with van der Waals surface area (Å²) < 4.78 is 0. The van der Waals surface area contributed by atoms with Crippen molar-refractivity contribution >= 4 is 12.1 Å². The first-order valence-corrected chi connectivity index (χ1v) is 8.64. The Morgan fingerprint density at radius 3 is 2.50 bits per heavy atom. The monoisotopic (exact) mass is 311 g/mol. The quantitative estimate of drug-likeness (QED) is 0.331. The minimum Gasteiger partial charge on any atom is -0.303 e. The van der Waals surface area contributed by atoms with Gasteiger partial charge in [-0.25, -0.2) is 0 Å². The molecule has 0 aromatic heterocycles. The van der Waals surface area contributed by atoms with E-state index in [0.717, 1.165) is 38.4 Å². The zero-order valence-corrected chi connectivity index (χ0v) is 13.7. The fourth-order valence-electron chi connectivity index (χ4n) is 3.39. The highest BCUT2D eigenvalue weighted by atomic mass is 16.6. The summed E-state index contributed by atoms with van der Waals surface area (Å²) in [4.78, 5) is 34.5. The lowest BCUT2D eigenvalue weighted by Gasteiger charge is -2.26. The fraction of sp³-hybridized carbons (Fsp3) is 0.882. The van der Waals surface area contributed by atoms with Gasteiger partial charge in [0.25, 0.3) is 5.54 Å². The summed E-state index contributed by atoms with van der Waals surface area (Å²) in [6, 6.07) is 0. The second-order valence-electron chi connectivity index (χ2n) is 6.74. The number of aldehydes is 1. The summed E-state index contributed by atoms with van der Waals surface area (Å²) in [6.45, 7) is 2.01. The molecule has 0 spiro atoms. The Bertz CT molecular complexity index is 383. The van der Waals surface area contributed by atoms with Gasteiger partial charge in [-0.2, -0.15) is 0 Å². The largest absolute Gasteiger partial charge is 0.303 e. The van der Waals surface area contributed by atoms with Gasteiger partial charge in [-0.1, -0.05) is 45.4 Å². The number of rotatable bonds is 5. The van der Waals surface area contributed by atoms with Gasteiger partial charge in [-0.05, 0) is 18.8 Å². The van der Waals surface area contributed by atoms with Crippen molar-refractivity contribution in [3.8, 4) is 0 Å². The molecule has 0 N–H and O–H groups in total. The highest BCUT2D eigenvalue weighted by Gasteiger charge is 2.48. The van der Waals surface area contributed by atoms with E-state index in [0.29, 0.717) is 25.7 Å². The molecule has 1 aliphatic rings. The number of hydrogen-bond acceptors (Lipinski definition) is 4. The molecule has 5 heteroatoms. The van der Waals surface area contributed by atoms with E-state index >= 15 is 0 Å². The van der Waals surface area contributed by atoms with Crippen molar-refractivity contribution in [1.29, 1.82) is 0 Å². The summed E-state index contributed by atoms with van der Waals surface area (Å²) in [5.74, 6) is -0.0196. The van der Waals surface area contributed by atoms with E-state index in [2.05, 4.69) is 0 Å². The van der Waals surface area contributed by atoms with Crippen molar-refractivity contribution in [1.82, 2.24) is 0 Å². The Morgan fingerprint density at radius 2 is 1.86 bits per heavy atom. The van der Waals surface area contributed by atoms with Crippen molar-refractivity contribution in [3.05, 3.63) is 10.1 Å². The SMILES string of the molecule is CC1CCCCCCCCC(CCCC=O)([N+](=O)[O-])C(=O)C1. The molecular formula is C17H29NO4. The predicted molar refractivity (Wildman–Crippen MR) is 85.4 cm³/mol. The zero-order chi connectivity index (χ0) is 16.4. The molecule has 22 heavy (non-hydrogen) atoms. The van der Waals surface area contributed by atoms with Crippen LogP contribution >= 0.6 is 0 Å². The van der Waals surface area contributed by atoms with Crippen LogP contribution in [0.4, 0.5) is 0 Å². The Morgan fingerprint density at radius 1 is 1.23 bits per heavy atom. The van der Waals surface area contributed by atoms with Crippen LogP contribution in [0.5, 0.6) is 0 Å². The molecule has 1 aliphatic carbocycles. The third-order valence-electron chi connectivity index (χ3n) is 4.85. The van der Waals surface area contributed by atoms with Crippen LogP contribution in [0.25, 0.3) is 0 Å². The molecule has 126 valence electrons. The van der Waals surface area contributed by atoms with Crippen LogP contribution in [0.15, 0.2) is 0 Å². The summed E-state index contributed by atoms with van der Waals surface area (Å²) in [5, 5.41) is 11.7. The molecule has 2 unspecified atom stereocenters. The number of nitrogens with zero attached hydrogens (tertiary/aromatic N) is 1. The maximum Gasteiger partial charge on any atom is 0.279 e. The molecule has 1 fully saturated rings. The summed E-state index contributed by atoms with van der Waals surface area (Å²) >= 11 is 0. The van der Waals surface area contributed by atoms with E-state index in [-0.39, 0.29) is 23.0 Å². The summed E-state index contributed by atoms with van der Waals surface area (Å²) in [5.41, 5.74) is -1.46. The molecule has 0 radical (unpaired) electrons. The van der Waals surface area contributed by atoms with Gasteiger partial charge in [0.2, 0.25) is 5.78 Å². The Kier molecular flexibility index (Phi) is 8.28. The number of ketones is 1. The summed E-state index contributed by atoms with van der Waals surface area (Å²) in [6.07, 6.45) is 9.50. The van der Waals surface area contributed by atoms with Gasteiger partial charge in [-0.3, -0.25) is 14.9 Å². The molecule has 0 aromatic rings. The van der Waals surface area contributed by atoms with E-state index in [1.54, 1.807) is 0 Å². The molecule has 2 atom stereocenters. The van der Waals surface area contributed by atoms with Crippen LogP contribution < -0.4 is 0 Å². The lowest BCUT2D eigenvalue weighted by Crippen LogP contribution is -2.47. The van der Waals surface area contributed by atoms with Crippen LogP contribution in [-0.2, 0) is 9.59 Å². The lowest BCUT2D eigenvalue weighted by atomic mass is 9.79. The van der Waals surface area contributed by atoms with Crippen LogP contribution in [0.2, 0.25) is 0 Å². The number of Topliss-reactive ketones (excluding diaryl/α,β-unsaturated/α-hetero) is 1. The van der Waals surface area contributed by atoms with Gasteiger partial charge < -0.3 is 4.79 Å². The highest BCUT2D eigenvalue weighted by molar-refractivity contribution is 5.87. The predicted octanol–water partition coefficient (Wildman–Crippen LogP) is 4.10. The van der Waals surface area contributed by atoms with Gasteiger partial charge in [-0.15, -0.1) is 0 Å². The van der Waals surface area contributed by atoms with E-state index in [9.17, 15) is 19.7 Å². The van der Waals surface area contributed by atoms with Gasteiger partial charge in [0.15, 0.2) is 0 Å². The van der Waals surface area contributed by atoms with Crippen molar-refractivity contribution in [2.45, 2.75) is 89.5 Å². The summed E-state index contributed by atoms with van der Waals surface area (Å²) in [7, 11) is 0. The van der Waals surface area contributed by atoms with E-state index in [1.165, 1.54) is 12.8 Å². The average Bonchev–Trinajstić information content (AvgIpc) is 2.46. The maximum atomic E-state index is 12.7. The molecule has 5 nitrogen and oxygen atoms in total. The molecule has 0 aliphatic heterocycles. The third-order valence-corrected chi connectivity index (χ3v) is 4.85. The number of carbonyl (C=O) groups excluding carboxylic acids is 2. The third kappa shape index (κ3) is 5.50. The van der Waals surface area contributed by atoms with Crippen molar-refractivity contribution < 1.29 is 14.5 Å². The van der Waals surface area contributed by atoms with Crippen molar-refractivity contribution in [3.63, 3.8) is 0 Å².